The minimum absolute atomic E-state index is 0. The molecular weight excluding hydrogens is 203 g/mol. The fourth-order valence-corrected chi connectivity index (χ4v) is 1.76. The maximum absolute atomic E-state index is 10.9. The minimum atomic E-state index is -3.15. The van der Waals surface area contributed by atoms with Crippen molar-refractivity contribution < 1.29 is 22.5 Å². The van der Waals surface area contributed by atoms with Crippen LogP contribution in [0.4, 0.5) is 0 Å². The van der Waals surface area contributed by atoms with Crippen LogP contribution in [0.2, 0.25) is 0 Å². The number of carbonyl (C=O) groups is 1. The summed E-state index contributed by atoms with van der Waals surface area (Å²) in [5.41, 5.74) is 0. The first kappa shape index (κ1) is 16.0. The summed E-state index contributed by atoms with van der Waals surface area (Å²) in [6.07, 6.45) is 0.269. The molecule has 0 aromatic rings. The van der Waals surface area contributed by atoms with Gasteiger partial charge in [0.1, 0.15) is 0 Å². The Morgan fingerprint density at radius 1 is 1.15 bits per heavy atom. The van der Waals surface area contributed by atoms with E-state index in [1.54, 1.807) is 6.92 Å². The molecule has 0 heterocycles. The van der Waals surface area contributed by atoms with Crippen molar-refractivity contribution in [2.75, 3.05) is 21.3 Å². The van der Waals surface area contributed by atoms with E-state index in [1.807, 2.05) is 0 Å². The molecule has 0 unspecified atom stereocenters. The second-order valence-electron chi connectivity index (χ2n) is 1.94. The molecule has 5 nitrogen and oxygen atoms in total. The third-order valence-electron chi connectivity index (χ3n) is 1.28. The normalized spacial score (nSPS) is 10.5. The average molecular weight is 217 g/mol. The van der Waals surface area contributed by atoms with Crippen LogP contribution in [-0.2, 0) is 22.5 Å². The standard InChI is InChI=1S/C6H14O5Si.Na/c1-5-6(7)11-12(8-2,9-3)10-4;/h5H2,1-4H3;. The van der Waals surface area contributed by atoms with Gasteiger partial charge in [0.05, 0.1) is 0 Å². The summed E-state index contributed by atoms with van der Waals surface area (Å²) >= 11 is 0. The van der Waals surface area contributed by atoms with E-state index < -0.39 is 15.0 Å². The molecule has 0 amide bonds. The van der Waals surface area contributed by atoms with Gasteiger partial charge in [-0.05, 0) is 0 Å². The van der Waals surface area contributed by atoms with E-state index in [0.717, 1.165) is 0 Å². The Kier molecular flexibility index (Phi) is 9.76. The van der Waals surface area contributed by atoms with E-state index >= 15 is 0 Å². The molecule has 0 saturated heterocycles. The van der Waals surface area contributed by atoms with Gasteiger partial charge in [-0.1, -0.05) is 6.92 Å². The van der Waals surface area contributed by atoms with E-state index in [0.29, 0.717) is 0 Å². The van der Waals surface area contributed by atoms with Gasteiger partial charge >= 0.3 is 9.05 Å². The summed E-state index contributed by atoms with van der Waals surface area (Å²) in [6.45, 7) is 1.68. The molecule has 7 heteroatoms. The van der Waals surface area contributed by atoms with E-state index in [-0.39, 0.29) is 36.0 Å². The molecule has 0 atom stereocenters. The van der Waals surface area contributed by atoms with Gasteiger partial charge in [-0.2, -0.15) is 0 Å². The zero-order chi connectivity index (χ0) is 9.61. The van der Waals surface area contributed by atoms with Crippen LogP contribution in [0.1, 0.15) is 13.3 Å². The van der Waals surface area contributed by atoms with Crippen molar-refractivity contribution in [2.45, 2.75) is 13.3 Å². The predicted octanol–water partition coefficient (Wildman–Crippen LogP) is -0.0664. The van der Waals surface area contributed by atoms with Gasteiger partial charge < -0.3 is 17.7 Å². The Hall–Kier alpha value is 0.567. The zero-order valence-electron chi connectivity index (χ0n) is 8.75. The van der Waals surface area contributed by atoms with Crippen LogP contribution < -0.4 is 0 Å². The molecule has 0 rings (SSSR count). The van der Waals surface area contributed by atoms with Crippen LogP contribution in [0.25, 0.3) is 0 Å². The molecule has 0 aliphatic rings. The number of hydrogen-bond donors (Lipinski definition) is 0. The third kappa shape index (κ3) is 5.11. The van der Waals surface area contributed by atoms with E-state index in [9.17, 15) is 4.79 Å². The molecule has 0 spiro atoms. The predicted molar refractivity (Wildman–Crippen MR) is 48.9 cm³/mol. The van der Waals surface area contributed by atoms with Gasteiger partial charge in [-0.25, -0.2) is 0 Å². The van der Waals surface area contributed by atoms with Crippen molar-refractivity contribution in [3.63, 3.8) is 0 Å². The number of rotatable bonds is 5. The Balaban J connectivity index is 0. The molecular formula is C6H14NaO5Si. The molecule has 0 saturated carbocycles. The van der Waals surface area contributed by atoms with Crippen LogP contribution in [0.15, 0.2) is 0 Å². The fraction of sp³-hybridized carbons (Fsp3) is 0.833. The van der Waals surface area contributed by atoms with Crippen LogP contribution in [0.3, 0.4) is 0 Å². The van der Waals surface area contributed by atoms with Crippen LogP contribution >= 0.6 is 0 Å². The smallest absolute Gasteiger partial charge is 0.452 e. The molecule has 0 bridgehead atoms. The molecule has 13 heavy (non-hydrogen) atoms. The largest absolute Gasteiger partial charge is 0.750 e. The van der Waals surface area contributed by atoms with Crippen molar-refractivity contribution in [1.82, 2.24) is 0 Å². The Morgan fingerprint density at radius 3 is 1.77 bits per heavy atom. The van der Waals surface area contributed by atoms with Crippen molar-refractivity contribution >= 4 is 44.6 Å². The minimum Gasteiger partial charge on any atom is -0.452 e. The summed E-state index contributed by atoms with van der Waals surface area (Å²) in [5, 5.41) is 0. The van der Waals surface area contributed by atoms with Gasteiger partial charge in [0.25, 0.3) is 5.97 Å². The fourth-order valence-electron chi connectivity index (χ4n) is 0.587. The molecule has 0 aliphatic heterocycles. The Bertz CT molecular complexity index is 142. The van der Waals surface area contributed by atoms with Gasteiger partial charge in [0, 0.05) is 57.3 Å². The molecule has 0 aromatic heterocycles. The summed E-state index contributed by atoms with van der Waals surface area (Å²) in [4.78, 5) is 10.9. The van der Waals surface area contributed by atoms with E-state index in [1.165, 1.54) is 21.3 Å². The quantitative estimate of drug-likeness (QED) is 0.603. The maximum atomic E-state index is 10.9. The maximum Gasteiger partial charge on any atom is 0.750 e. The average Bonchev–Trinajstić information content (AvgIpc) is 2.14. The summed E-state index contributed by atoms with van der Waals surface area (Å²) in [5.74, 6) is -0.396. The molecule has 0 N–H and O–H groups in total. The Morgan fingerprint density at radius 2 is 1.54 bits per heavy atom. The second kappa shape index (κ2) is 7.92. The van der Waals surface area contributed by atoms with Crippen LogP contribution in [0, 0.1) is 0 Å². The SMILES string of the molecule is CCC(=O)O[Si](OC)(OC)OC.[Na]. The van der Waals surface area contributed by atoms with Crippen LogP contribution in [-0.4, -0.2) is 65.9 Å². The molecule has 0 aliphatic carbocycles. The van der Waals surface area contributed by atoms with Crippen molar-refractivity contribution in [2.24, 2.45) is 0 Å². The van der Waals surface area contributed by atoms with Crippen molar-refractivity contribution in [1.29, 1.82) is 0 Å². The van der Waals surface area contributed by atoms with Gasteiger partial charge in [0.15, 0.2) is 0 Å². The summed E-state index contributed by atoms with van der Waals surface area (Å²) in [6, 6.07) is 0. The first-order valence-corrected chi connectivity index (χ1v) is 5.14. The van der Waals surface area contributed by atoms with Gasteiger partial charge in [-0.3, -0.25) is 4.79 Å². The van der Waals surface area contributed by atoms with E-state index in [2.05, 4.69) is 0 Å². The topological polar surface area (TPSA) is 54.0 Å². The molecule has 0 aromatic carbocycles. The molecule has 73 valence electrons. The van der Waals surface area contributed by atoms with Gasteiger partial charge in [0.2, 0.25) is 0 Å². The summed E-state index contributed by atoms with van der Waals surface area (Å²) in [7, 11) is 0.980. The molecule has 1 radical (unpaired) electrons. The Labute approximate surface area is 101 Å². The number of hydrogen-bond acceptors (Lipinski definition) is 5. The van der Waals surface area contributed by atoms with E-state index in [4.69, 9.17) is 17.7 Å². The number of carbonyl (C=O) groups excluding carboxylic acids is 1. The summed E-state index contributed by atoms with van der Waals surface area (Å²) < 4.78 is 19.4. The third-order valence-corrected chi connectivity index (χ3v) is 3.26. The second-order valence-corrected chi connectivity index (χ2v) is 4.37. The molecule has 0 fully saturated rings. The monoisotopic (exact) mass is 217 g/mol. The van der Waals surface area contributed by atoms with Gasteiger partial charge in [-0.15, -0.1) is 0 Å². The van der Waals surface area contributed by atoms with Crippen molar-refractivity contribution in [3.05, 3.63) is 0 Å². The zero-order valence-corrected chi connectivity index (χ0v) is 11.7. The van der Waals surface area contributed by atoms with Crippen LogP contribution in [0.5, 0.6) is 0 Å². The van der Waals surface area contributed by atoms with Crippen molar-refractivity contribution in [3.8, 4) is 0 Å². The first-order chi connectivity index (χ1) is 5.64. The first-order valence-electron chi connectivity index (χ1n) is 3.51.